The van der Waals surface area contributed by atoms with Gasteiger partial charge in [0.15, 0.2) is 12.6 Å². The molecule has 4 N–H and O–H groups in total. The molecule has 8 heteroatoms. The third-order valence-corrected chi connectivity index (χ3v) is 12.8. The predicted octanol–water partition coefficient (Wildman–Crippen LogP) is 6.23. The van der Waals surface area contributed by atoms with Crippen molar-refractivity contribution in [3.63, 3.8) is 0 Å². The highest BCUT2D eigenvalue weighted by Gasteiger charge is 2.36. The zero-order chi connectivity index (χ0) is 28.6. The summed E-state index contributed by atoms with van der Waals surface area (Å²) in [5, 5.41) is 43.0. The third kappa shape index (κ3) is 8.82. The lowest BCUT2D eigenvalue weighted by atomic mass is 9.78. The van der Waals surface area contributed by atoms with E-state index in [1.807, 2.05) is 49.5 Å². The maximum atomic E-state index is 11.1. The number of hydrogen-bond acceptors (Lipinski definition) is 8. The van der Waals surface area contributed by atoms with E-state index in [0.29, 0.717) is 29.4 Å². The lowest BCUT2D eigenvalue weighted by molar-refractivity contribution is -0.126. The van der Waals surface area contributed by atoms with E-state index in [-0.39, 0.29) is 29.3 Å². The lowest BCUT2D eigenvalue weighted by Crippen LogP contribution is -2.34. The molecule has 0 radical (unpaired) electrons. The Balaban J connectivity index is 1.36. The predicted molar refractivity (Wildman–Crippen MR) is 165 cm³/mol. The van der Waals surface area contributed by atoms with E-state index < -0.39 is 12.6 Å². The fourth-order valence-electron chi connectivity index (χ4n) is 7.03. The smallest absolute Gasteiger partial charge is 0.199 e. The number of allylic oxidation sites excluding steroid dienone is 3. The molecule has 3 aliphatic carbocycles. The summed E-state index contributed by atoms with van der Waals surface area (Å²) in [7, 11) is 0. The van der Waals surface area contributed by atoms with Crippen LogP contribution < -0.4 is 0 Å². The molecule has 0 aromatic heterocycles. The molecule has 7 atom stereocenters. The quantitative estimate of drug-likeness (QED) is 0.185. The summed E-state index contributed by atoms with van der Waals surface area (Å²) in [4.78, 5) is 0. The summed E-state index contributed by atoms with van der Waals surface area (Å²) in [6, 6.07) is 0. The SMILES string of the molecule is CCC(O)C1CCC(C(O)OC2=CC=C(OC(O)C3CCC(C(O)CC)CC3)C(SC(C)C3CCSC3)C2)CC1. The first-order valence-corrected chi connectivity index (χ1v) is 18.1. The fourth-order valence-corrected chi connectivity index (χ4v) is 10.0. The Morgan fingerprint density at radius 1 is 0.750 bits per heavy atom. The Morgan fingerprint density at radius 3 is 1.77 bits per heavy atom. The Hall–Kier alpha value is -0.380. The molecule has 6 nitrogen and oxygen atoms in total. The van der Waals surface area contributed by atoms with Gasteiger partial charge in [-0.05, 0) is 112 Å². The van der Waals surface area contributed by atoms with Gasteiger partial charge in [0, 0.05) is 23.5 Å². The summed E-state index contributed by atoms with van der Waals surface area (Å²) in [6.45, 7) is 6.37. The van der Waals surface area contributed by atoms with Crippen LogP contribution in [0.2, 0.25) is 0 Å². The first-order chi connectivity index (χ1) is 19.3. The normalized spacial score (nSPS) is 35.2. The highest BCUT2D eigenvalue weighted by molar-refractivity contribution is 8.01. The van der Waals surface area contributed by atoms with Crippen LogP contribution >= 0.6 is 23.5 Å². The van der Waals surface area contributed by atoms with Crippen molar-refractivity contribution in [2.45, 2.75) is 133 Å². The second-order valence-electron chi connectivity index (χ2n) is 12.7. The molecule has 0 amide bonds. The van der Waals surface area contributed by atoms with E-state index in [1.54, 1.807) is 0 Å². The number of aliphatic hydroxyl groups is 4. The van der Waals surface area contributed by atoms with Crippen LogP contribution in [0.5, 0.6) is 0 Å². The van der Waals surface area contributed by atoms with Gasteiger partial charge in [0.1, 0.15) is 11.5 Å². The Morgan fingerprint density at radius 2 is 1.27 bits per heavy atom. The van der Waals surface area contributed by atoms with Gasteiger partial charge in [-0.15, -0.1) is 11.8 Å². The van der Waals surface area contributed by atoms with Crippen LogP contribution in [-0.4, -0.2) is 67.2 Å². The number of thioether (sulfide) groups is 2. The second kappa shape index (κ2) is 15.9. The Labute approximate surface area is 250 Å². The van der Waals surface area contributed by atoms with Crippen LogP contribution in [0.3, 0.4) is 0 Å². The van der Waals surface area contributed by atoms with Gasteiger partial charge in [-0.3, -0.25) is 0 Å². The van der Waals surface area contributed by atoms with Crippen LogP contribution in [0.25, 0.3) is 0 Å². The molecule has 4 aliphatic rings. The zero-order valence-corrected chi connectivity index (χ0v) is 26.5. The highest BCUT2D eigenvalue weighted by Crippen LogP contribution is 2.42. The molecule has 7 unspecified atom stereocenters. The Kier molecular flexibility index (Phi) is 12.9. The Bertz CT molecular complexity index is 814. The molecule has 40 heavy (non-hydrogen) atoms. The van der Waals surface area contributed by atoms with Gasteiger partial charge in [-0.2, -0.15) is 11.8 Å². The van der Waals surface area contributed by atoms with E-state index in [0.717, 1.165) is 75.7 Å². The van der Waals surface area contributed by atoms with Crippen molar-refractivity contribution < 1.29 is 29.9 Å². The molecule has 1 heterocycles. The lowest BCUT2D eigenvalue weighted by Gasteiger charge is -2.36. The number of rotatable bonds is 13. The highest BCUT2D eigenvalue weighted by atomic mass is 32.2. The molecule has 1 saturated heterocycles. The minimum absolute atomic E-state index is 0.0381. The zero-order valence-electron chi connectivity index (χ0n) is 24.8. The first-order valence-electron chi connectivity index (χ1n) is 16.0. The summed E-state index contributed by atoms with van der Waals surface area (Å²) in [5.41, 5.74) is 0. The van der Waals surface area contributed by atoms with Crippen LogP contribution in [-0.2, 0) is 9.47 Å². The average Bonchev–Trinajstić information content (AvgIpc) is 3.53. The molecule has 0 aromatic carbocycles. The van der Waals surface area contributed by atoms with Crippen LogP contribution in [0.4, 0.5) is 0 Å². The van der Waals surface area contributed by atoms with Crippen molar-refractivity contribution in [2.24, 2.45) is 29.6 Å². The summed E-state index contributed by atoms with van der Waals surface area (Å²) >= 11 is 3.95. The summed E-state index contributed by atoms with van der Waals surface area (Å²) in [6.07, 6.45) is 12.4. The fraction of sp³-hybridized carbons (Fsp3) is 0.875. The number of hydrogen-bond donors (Lipinski definition) is 4. The van der Waals surface area contributed by atoms with E-state index in [9.17, 15) is 20.4 Å². The van der Waals surface area contributed by atoms with Gasteiger partial charge >= 0.3 is 0 Å². The largest absolute Gasteiger partial charge is 0.469 e. The molecule has 0 bridgehead atoms. The van der Waals surface area contributed by atoms with E-state index in [1.165, 1.54) is 17.9 Å². The van der Waals surface area contributed by atoms with Crippen LogP contribution in [0.1, 0.15) is 97.8 Å². The van der Waals surface area contributed by atoms with E-state index in [2.05, 4.69) is 6.92 Å². The van der Waals surface area contributed by atoms with Gasteiger partial charge in [-0.25, -0.2) is 0 Å². The van der Waals surface area contributed by atoms with Gasteiger partial charge in [0.25, 0.3) is 0 Å². The van der Waals surface area contributed by atoms with Gasteiger partial charge in [0.2, 0.25) is 0 Å². The number of ether oxygens (including phenoxy) is 2. The van der Waals surface area contributed by atoms with Crippen molar-refractivity contribution in [3.8, 4) is 0 Å². The molecular formula is C32H54O6S2. The molecule has 3 fully saturated rings. The monoisotopic (exact) mass is 598 g/mol. The minimum Gasteiger partial charge on any atom is -0.469 e. The van der Waals surface area contributed by atoms with Crippen LogP contribution in [0, 0.1) is 29.6 Å². The van der Waals surface area contributed by atoms with Gasteiger partial charge in [-0.1, -0.05) is 20.8 Å². The second-order valence-corrected chi connectivity index (χ2v) is 15.4. The van der Waals surface area contributed by atoms with E-state index in [4.69, 9.17) is 9.47 Å². The molecule has 0 aromatic rings. The molecule has 0 spiro atoms. The van der Waals surface area contributed by atoms with Crippen molar-refractivity contribution in [3.05, 3.63) is 23.7 Å². The molecule has 230 valence electrons. The van der Waals surface area contributed by atoms with Crippen molar-refractivity contribution >= 4 is 23.5 Å². The van der Waals surface area contributed by atoms with Crippen molar-refractivity contribution in [1.29, 1.82) is 0 Å². The topological polar surface area (TPSA) is 99.4 Å². The van der Waals surface area contributed by atoms with Crippen molar-refractivity contribution in [2.75, 3.05) is 11.5 Å². The van der Waals surface area contributed by atoms with Gasteiger partial charge in [0.05, 0.1) is 17.5 Å². The average molecular weight is 599 g/mol. The molecule has 1 aliphatic heterocycles. The summed E-state index contributed by atoms with van der Waals surface area (Å²) < 4.78 is 12.4. The first kappa shape index (κ1) is 32.5. The maximum absolute atomic E-state index is 11.1. The maximum Gasteiger partial charge on any atom is 0.199 e. The summed E-state index contributed by atoms with van der Waals surface area (Å²) in [5.74, 6) is 5.53. The minimum atomic E-state index is -0.846. The molecule has 2 saturated carbocycles. The van der Waals surface area contributed by atoms with Crippen molar-refractivity contribution in [1.82, 2.24) is 0 Å². The molecular weight excluding hydrogens is 544 g/mol. The third-order valence-electron chi connectivity index (χ3n) is 10.0. The standard InChI is InChI=1S/C32H54O6S2/c1-4-27(33)21-6-10-23(11-7-21)31(35)37-26-14-15-29(30(18-26)40-20(3)25-16-17-39-19-25)38-32(36)24-12-8-22(9-13-24)28(34)5-2/h14-15,20-25,27-28,30-36H,4-13,16-19H2,1-3H3. The van der Waals surface area contributed by atoms with Crippen LogP contribution in [0.15, 0.2) is 23.7 Å². The molecule has 4 rings (SSSR count). The van der Waals surface area contributed by atoms with Gasteiger partial charge < -0.3 is 29.9 Å². The number of aliphatic hydroxyl groups excluding tert-OH is 4. The van der Waals surface area contributed by atoms with E-state index >= 15 is 0 Å².